The van der Waals surface area contributed by atoms with E-state index in [9.17, 15) is 15.2 Å². The molecule has 0 saturated carbocycles. The highest BCUT2D eigenvalue weighted by Crippen LogP contribution is 2.27. The Morgan fingerprint density at radius 3 is 2.58 bits per heavy atom. The molecule has 1 aromatic heterocycles. The minimum absolute atomic E-state index is 0.105. The van der Waals surface area contributed by atoms with Gasteiger partial charge in [0, 0.05) is 6.07 Å². The van der Waals surface area contributed by atoms with Crippen LogP contribution in [0, 0.1) is 24.0 Å². The Hall–Kier alpha value is -2.28. The molecule has 0 aliphatic rings. The van der Waals surface area contributed by atoms with Crippen molar-refractivity contribution in [2.24, 2.45) is 0 Å². The smallest absolute Gasteiger partial charge is 0.295 e. The lowest BCUT2D eigenvalue weighted by Crippen LogP contribution is -2.05. The van der Waals surface area contributed by atoms with Gasteiger partial charge in [-0.2, -0.15) is 5.10 Å². The van der Waals surface area contributed by atoms with E-state index >= 15 is 0 Å². The predicted molar refractivity (Wildman–Crippen MR) is 68.1 cm³/mol. The van der Waals surface area contributed by atoms with Crippen molar-refractivity contribution in [1.29, 1.82) is 0 Å². The van der Waals surface area contributed by atoms with E-state index < -0.39 is 11.0 Å². The fourth-order valence-electron chi connectivity index (χ4n) is 1.87. The lowest BCUT2D eigenvalue weighted by Gasteiger charge is -2.08. The van der Waals surface area contributed by atoms with Crippen molar-refractivity contribution < 1.29 is 10.0 Å². The van der Waals surface area contributed by atoms with Crippen LogP contribution >= 0.6 is 0 Å². The second kappa shape index (κ2) is 4.77. The third kappa shape index (κ3) is 2.45. The highest BCUT2D eigenvalue weighted by molar-refractivity contribution is 5.54. The lowest BCUT2D eigenvalue weighted by atomic mass is 10.1. The van der Waals surface area contributed by atoms with Crippen molar-refractivity contribution >= 4 is 5.69 Å². The maximum absolute atomic E-state index is 11.2. The zero-order valence-electron chi connectivity index (χ0n) is 10.9. The van der Waals surface area contributed by atoms with E-state index in [1.807, 2.05) is 0 Å². The lowest BCUT2D eigenvalue weighted by molar-refractivity contribution is -0.384. The number of nitrogens with zero attached hydrogens (tertiary/aromatic N) is 4. The number of aliphatic hydroxyl groups excluding tert-OH is 1. The Kier molecular flexibility index (Phi) is 3.30. The maximum atomic E-state index is 11.2. The first-order chi connectivity index (χ1) is 8.90. The largest absolute Gasteiger partial charge is 0.389 e. The first-order valence-corrected chi connectivity index (χ1v) is 5.77. The van der Waals surface area contributed by atoms with Gasteiger partial charge in [0.15, 0.2) is 0 Å². The minimum Gasteiger partial charge on any atom is -0.389 e. The van der Waals surface area contributed by atoms with Crippen LogP contribution in [0.25, 0.3) is 5.69 Å². The van der Waals surface area contributed by atoms with Crippen molar-refractivity contribution in [2.75, 3.05) is 0 Å². The highest BCUT2D eigenvalue weighted by atomic mass is 16.6. The summed E-state index contributed by atoms with van der Waals surface area (Å²) < 4.78 is 1.43. The van der Waals surface area contributed by atoms with E-state index in [1.165, 1.54) is 10.7 Å². The third-order valence-electron chi connectivity index (χ3n) is 2.78. The highest BCUT2D eigenvalue weighted by Gasteiger charge is 2.20. The summed E-state index contributed by atoms with van der Waals surface area (Å²) in [5, 5.41) is 24.8. The van der Waals surface area contributed by atoms with E-state index in [-0.39, 0.29) is 5.69 Å². The van der Waals surface area contributed by atoms with Gasteiger partial charge in [0.25, 0.3) is 5.69 Å². The average Bonchev–Trinajstić information content (AvgIpc) is 2.67. The monoisotopic (exact) mass is 262 g/mol. The number of aryl methyl sites for hydroxylation is 2. The van der Waals surface area contributed by atoms with Gasteiger partial charge in [0.1, 0.15) is 17.3 Å². The molecular weight excluding hydrogens is 248 g/mol. The fraction of sp³-hybridized carbons (Fsp3) is 0.333. The van der Waals surface area contributed by atoms with Gasteiger partial charge in [-0.05, 0) is 32.4 Å². The summed E-state index contributed by atoms with van der Waals surface area (Å²) in [7, 11) is 0. The molecule has 2 rings (SSSR count). The number of nitro benzene ring substituents is 1. The Labute approximate surface area is 109 Å². The molecular formula is C12H14N4O3. The molecule has 1 aromatic carbocycles. The van der Waals surface area contributed by atoms with Crippen LogP contribution in [0.5, 0.6) is 0 Å². The first kappa shape index (κ1) is 13.2. The van der Waals surface area contributed by atoms with Crippen LogP contribution < -0.4 is 0 Å². The molecule has 19 heavy (non-hydrogen) atoms. The molecule has 0 amide bonds. The van der Waals surface area contributed by atoms with E-state index in [0.717, 1.165) is 0 Å². The minimum atomic E-state index is -0.758. The van der Waals surface area contributed by atoms with Gasteiger partial charge in [-0.15, -0.1) is 0 Å². The van der Waals surface area contributed by atoms with Gasteiger partial charge < -0.3 is 5.11 Å². The summed E-state index contributed by atoms with van der Waals surface area (Å²) in [6.45, 7) is 5.01. The second-order valence-corrected chi connectivity index (χ2v) is 4.30. The summed E-state index contributed by atoms with van der Waals surface area (Å²) in [5.74, 6) is 1.12. The summed E-state index contributed by atoms with van der Waals surface area (Å²) in [5.41, 5.74) is 0.726. The van der Waals surface area contributed by atoms with E-state index in [1.54, 1.807) is 32.9 Å². The van der Waals surface area contributed by atoms with E-state index in [4.69, 9.17) is 0 Å². The molecule has 0 spiro atoms. The molecule has 1 heterocycles. The van der Waals surface area contributed by atoms with Crippen LogP contribution in [-0.4, -0.2) is 24.8 Å². The van der Waals surface area contributed by atoms with Crippen LogP contribution in [0.1, 0.15) is 30.2 Å². The second-order valence-electron chi connectivity index (χ2n) is 4.30. The number of aromatic nitrogens is 3. The van der Waals surface area contributed by atoms with Crippen molar-refractivity contribution in [1.82, 2.24) is 14.8 Å². The third-order valence-corrected chi connectivity index (χ3v) is 2.78. The summed E-state index contributed by atoms with van der Waals surface area (Å²) in [6.07, 6.45) is -0.758. The first-order valence-electron chi connectivity index (χ1n) is 5.77. The molecule has 2 aromatic rings. The topological polar surface area (TPSA) is 94.1 Å². The van der Waals surface area contributed by atoms with E-state index in [2.05, 4.69) is 10.1 Å². The Morgan fingerprint density at radius 2 is 2.11 bits per heavy atom. The number of aliphatic hydroxyl groups is 1. The molecule has 0 aliphatic heterocycles. The number of rotatable bonds is 3. The van der Waals surface area contributed by atoms with Crippen molar-refractivity contribution in [3.63, 3.8) is 0 Å². The molecule has 0 radical (unpaired) electrons. The maximum Gasteiger partial charge on any atom is 0.295 e. The predicted octanol–water partition coefficient (Wildman–Crippen LogP) is 1.85. The van der Waals surface area contributed by atoms with Gasteiger partial charge in [-0.3, -0.25) is 10.1 Å². The van der Waals surface area contributed by atoms with Crippen LogP contribution in [0.3, 0.4) is 0 Å². The molecule has 0 bridgehead atoms. The number of nitro groups is 1. The average molecular weight is 262 g/mol. The summed E-state index contributed by atoms with van der Waals surface area (Å²) in [4.78, 5) is 14.8. The van der Waals surface area contributed by atoms with Gasteiger partial charge in [-0.25, -0.2) is 9.67 Å². The molecule has 1 N–H and O–H groups in total. The van der Waals surface area contributed by atoms with Crippen molar-refractivity contribution in [3.05, 3.63) is 45.5 Å². The molecule has 0 aliphatic carbocycles. The standard InChI is InChI=1S/C12H14N4O3/c1-7(17)10-4-5-11(12(6-10)16(18)19)15-9(3)13-8(2)14-15/h4-7,17H,1-3H3/t7-/m1/s1. The van der Waals surface area contributed by atoms with Gasteiger partial charge in [0.2, 0.25) is 0 Å². The van der Waals surface area contributed by atoms with Crippen LogP contribution in [-0.2, 0) is 0 Å². The molecule has 0 fully saturated rings. The molecule has 100 valence electrons. The Morgan fingerprint density at radius 1 is 1.42 bits per heavy atom. The van der Waals surface area contributed by atoms with Crippen molar-refractivity contribution in [2.45, 2.75) is 26.9 Å². The van der Waals surface area contributed by atoms with Crippen LogP contribution in [0.15, 0.2) is 18.2 Å². The zero-order valence-corrected chi connectivity index (χ0v) is 10.9. The van der Waals surface area contributed by atoms with Gasteiger partial charge >= 0.3 is 0 Å². The molecule has 0 unspecified atom stereocenters. The zero-order chi connectivity index (χ0) is 14.2. The van der Waals surface area contributed by atoms with Crippen LogP contribution in [0.2, 0.25) is 0 Å². The molecule has 7 heteroatoms. The number of hydrogen-bond donors (Lipinski definition) is 1. The quantitative estimate of drug-likeness (QED) is 0.672. The molecule has 1 atom stereocenters. The van der Waals surface area contributed by atoms with E-state index in [0.29, 0.717) is 22.9 Å². The van der Waals surface area contributed by atoms with Gasteiger partial charge in [-0.1, -0.05) is 6.07 Å². The Balaban J connectivity index is 2.63. The molecule has 0 saturated heterocycles. The normalized spacial score (nSPS) is 12.4. The number of benzene rings is 1. The number of hydrogen-bond acceptors (Lipinski definition) is 5. The summed E-state index contributed by atoms with van der Waals surface area (Å²) in [6, 6.07) is 4.57. The SMILES string of the molecule is Cc1nc(C)n(-c2ccc([C@@H](C)O)cc2[N+](=O)[O-])n1. The fourth-order valence-corrected chi connectivity index (χ4v) is 1.87. The van der Waals surface area contributed by atoms with Gasteiger partial charge in [0.05, 0.1) is 11.0 Å². The van der Waals surface area contributed by atoms with Crippen molar-refractivity contribution in [3.8, 4) is 5.69 Å². The summed E-state index contributed by atoms with van der Waals surface area (Å²) >= 11 is 0. The Bertz CT molecular complexity index is 634. The molecule has 7 nitrogen and oxygen atoms in total. The van der Waals surface area contributed by atoms with Crippen LogP contribution in [0.4, 0.5) is 5.69 Å².